The minimum absolute atomic E-state index is 0.0741. The van der Waals surface area contributed by atoms with Gasteiger partial charge in [-0.3, -0.25) is 9.78 Å². The average Bonchev–Trinajstić information content (AvgIpc) is 2.54. The number of anilines is 1. The smallest absolute Gasteiger partial charge is 0.358 e. The quantitative estimate of drug-likeness (QED) is 0.700. The van der Waals surface area contributed by atoms with Gasteiger partial charge in [-0.1, -0.05) is 0 Å². The summed E-state index contributed by atoms with van der Waals surface area (Å²) in [5.74, 6) is -0.125. The van der Waals surface area contributed by atoms with Crippen LogP contribution >= 0.6 is 0 Å². The lowest BCUT2D eigenvalue weighted by Gasteiger charge is -2.35. The van der Waals surface area contributed by atoms with E-state index in [0.717, 1.165) is 6.54 Å². The molecular weight excluding hydrogens is 274 g/mol. The highest BCUT2D eigenvalue weighted by Crippen LogP contribution is 2.15. The highest BCUT2D eigenvalue weighted by atomic mass is 16.5. The summed E-state index contributed by atoms with van der Waals surface area (Å²) >= 11 is 0. The number of likely N-dealkylation sites (N-methyl/N-ethyl adjacent to an activating group) is 1. The second-order valence-electron chi connectivity index (χ2n) is 4.56. The van der Waals surface area contributed by atoms with Crippen LogP contribution in [0.15, 0.2) is 12.4 Å². The summed E-state index contributed by atoms with van der Waals surface area (Å²) in [5, 5.41) is 5.98. The van der Waals surface area contributed by atoms with E-state index in [2.05, 4.69) is 25.3 Å². The third-order valence-corrected chi connectivity index (χ3v) is 3.21. The van der Waals surface area contributed by atoms with E-state index in [9.17, 15) is 9.59 Å². The molecule has 2 N–H and O–H groups in total. The third kappa shape index (κ3) is 3.46. The Kier molecular flexibility index (Phi) is 5.04. The number of methoxy groups -OCH3 is 1. The van der Waals surface area contributed by atoms with Crippen molar-refractivity contribution in [2.45, 2.75) is 13.0 Å². The number of carbonyl (C=O) groups is 2. The number of hydrogen-bond donors (Lipinski definition) is 2. The van der Waals surface area contributed by atoms with Gasteiger partial charge in [0.05, 0.1) is 19.5 Å². The number of ether oxygens (including phenoxy) is 1. The van der Waals surface area contributed by atoms with Crippen LogP contribution in [-0.2, 0) is 9.53 Å². The fourth-order valence-electron chi connectivity index (χ4n) is 2.20. The first-order valence-corrected chi connectivity index (χ1v) is 6.82. The van der Waals surface area contributed by atoms with E-state index in [-0.39, 0.29) is 17.6 Å². The molecule has 1 atom stereocenters. The van der Waals surface area contributed by atoms with E-state index in [4.69, 9.17) is 0 Å². The molecule has 0 aliphatic carbocycles. The first-order valence-electron chi connectivity index (χ1n) is 6.82. The SMILES string of the molecule is CCNC(=O)C1CNCCN1c1cncc(C(=O)OC)n1. The molecule has 8 nitrogen and oxygen atoms in total. The molecule has 0 bridgehead atoms. The van der Waals surface area contributed by atoms with Crippen LogP contribution in [0.25, 0.3) is 0 Å². The van der Waals surface area contributed by atoms with Crippen LogP contribution in [0.4, 0.5) is 5.82 Å². The van der Waals surface area contributed by atoms with Gasteiger partial charge in [-0.15, -0.1) is 0 Å². The van der Waals surface area contributed by atoms with Gasteiger partial charge in [0.25, 0.3) is 0 Å². The topological polar surface area (TPSA) is 96.5 Å². The Hall–Kier alpha value is -2.22. The predicted octanol–water partition coefficient (Wildman–Crippen LogP) is -0.822. The third-order valence-electron chi connectivity index (χ3n) is 3.21. The highest BCUT2D eigenvalue weighted by molar-refractivity contribution is 5.88. The molecular formula is C13H19N5O3. The van der Waals surface area contributed by atoms with Crippen LogP contribution in [-0.4, -0.2) is 61.2 Å². The van der Waals surface area contributed by atoms with Crippen molar-refractivity contribution in [3.05, 3.63) is 18.1 Å². The van der Waals surface area contributed by atoms with Crippen LogP contribution in [0.5, 0.6) is 0 Å². The highest BCUT2D eigenvalue weighted by Gasteiger charge is 2.29. The Morgan fingerprint density at radius 1 is 1.52 bits per heavy atom. The second kappa shape index (κ2) is 6.98. The molecule has 21 heavy (non-hydrogen) atoms. The number of nitrogens with zero attached hydrogens (tertiary/aromatic N) is 3. The number of amides is 1. The van der Waals surface area contributed by atoms with E-state index in [1.165, 1.54) is 13.3 Å². The number of aromatic nitrogens is 2. The molecule has 0 radical (unpaired) electrons. The van der Waals surface area contributed by atoms with E-state index in [1.807, 2.05) is 11.8 Å². The monoisotopic (exact) mass is 293 g/mol. The number of esters is 1. The van der Waals surface area contributed by atoms with Crippen LogP contribution in [0.3, 0.4) is 0 Å². The first-order chi connectivity index (χ1) is 10.2. The van der Waals surface area contributed by atoms with Gasteiger partial charge in [-0.2, -0.15) is 0 Å². The molecule has 0 saturated carbocycles. The van der Waals surface area contributed by atoms with Crippen molar-refractivity contribution in [2.24, 2.45) is 0 Å². The van der Waals surface area contributed by atoms with Gasteiger partial charge in [0, 0.05) is 26.2 Å². The van der Waals surface area contributed by atoms with Crippen molar-refractivity contribution < 1.29 is 14.3 Å². The van der Waals surface area contributed by atoms with E-state index in [1.54, 1.807) is 6.20 Å². The number of rotatable bonds is 4. The maximum Gasteiger partial charge on any atom is 0.358 e. The lowest BCUT2D eigenvalue weighted by atomic mass is 10.1. The molecule has 1 saturated heterocycles. The van der Waals surface area contributed by atoms with Crippen LogP contribution < -0.4 is 15.5 Å². The minimum atomic E-state index is -0.547. The molecule has 114 valence electrons. The van der Waals surface area contributed by atoms with Crippen LogP contribution in [0.2, 0.25) is 0 Å². The van der Waals surface area contributed by atoms with Crippen molar-refractivity contribution in [1.82, 2.24) is 20.6 Å². The van der Waals surface area contributed by atoms with Gasteiger partial charge >= 0.3 is 5.97 Å². The Bertz CT molecular complexity index is 522. The van der Waals surface area contributed by atoms with E-state index in [0.29, 0.717) is 25.5 Å². The predicted molar refractivity (Wildman–Crippen MR) is 76.1 cm³/mol. The maximum atomic E-state index is 12.1. The molecule has 1 aliphatic rings. The molecule has 1 unspecified atom stereocenters. The molecule has 1 amide bonds. The minimum Gasteiger partial charge on any atom is -0.464 e. The fraction of sp³-hybridized carbons (Fsp3) is 0.538. The molecule has 2 heterocycles. The largest absolute Gasteiger partial charge is 0.464 e. The zero-order chi connectivity index (χ0) is 15.2. The van der Waals surface area contributed by atoms with Gasteiger partial charge in [0.15, 0.2) is 5.69 Å². The van der Waals surface area contributed by atoms with Gasteiger partial charge in [-0.25, -0.2) is 9.78 Å². The summed E-state index contributed by atoms with van der Waals surface area (Å²) in [4.78, 5) is 33.8. The Balaban J connectivity index is 2.24. The van der Waals surface area contributed by atoms with Crippen molar-refractivity contribution in [1.29, 1.82) is 0 Å². The lowest BCUT2D eigenvalue weighted by molar-refractivity contribution is -0.122. The van der Waals surface area contributed by atoms with Crippen LogP contribution in [0.1, 0.15) is 17.4 Å². The standard InChI is InChI=1S/C13H19N5O3/c1-3-16-12(19)10-7-14-4-5-18(10)11-8-15-6-9(17-11)13(20)21-2/h6,8,10,14H,3-5,7H2,1-2H3,(H,16,19). The number of piperazine rings is 1. The molecule has 1 aromatic heterocycles. The Morgan fingerprint density at radius 2 is 2.33 bits per heavy atom. The lowest BCUT2D eigenvalue weighted by Crippen LogP contribution is -2.58. The van der Waals surface area contributed by atoms with Gasteiger partial charge in [-0.05, 0) is 6.92 Å². The molecule has 1 aromatic rings. The van der Waals surface area contributed by atoms with Gasteiger partial charge in [0.2, 0.25) is 5.91 Å². The van der Waals surface area contributed by atoms with Gasteiger partial charge < -0.3 is 20.3 Å². The molecule has 0 aromatic carbocycles. The zero-order valence-electron chi connectivity index (χ0n) is 12.1. The van der Waals surface area contributed by atoms with Crippen molar-refractivity contribution >= 4 is 17.7 Å². The summed E-state index contributed by atoms with van der Waals surface area (Å²) in [5.41, 5.74) is 0.128. The van der Waals surface area contributed by atoms with E-state index >= 15 is 0 Å². The normalized spacial score (nSPS) is 18.2. The van der Waals surface area contributed by atoms with Crippen molar-refractivity contribution in [3.8, 4) is 0 Å². The second-order valence-corrected chi connectivity index (χ2v) is 4.56. The molecule has 1 fully saturated rings. The molecule has 0 spiro atoms. The van der Waals surface area contributed by atoms with Crippen molar-refractivity contribution in [2.75, 3.05) is 38.2 Å². The summed E-state index contributed by atoms with van der Waals surface area (Å²) in [6.07, 6.45) is 2.89. The summed E-state index contributed by atoms with van der Waals surface area (Å²) in [6.45, 7) is 4.31. The fourth-order valence-corrected chi connectivity index (χ4v) is 2.20. The molecule has 2 rings (SSSR count). The van der Waals surface area contributed by atoms with E-state index < -0.39 is 5.97 Å². The Labute approximate surface area is 122 Å². The number of nitrogens with one attached hydrogen (secondary N) is 2. The zero-order valence-corrected chi connectivity index (χ0v) is 12.1. The van der Waals surface area contributed by atoms with Crippen molar-refractivity contribution in [3.63, 3.8) is 0 Å². The number of carbonyl (C=O) groups excluding carboxylic acids is 2. The summed E-state index contributed by atoms with van der Waals surface area (Å²) in [7, 11) is 1.29. The molecule has 8 heteroatoms. The molecule has 1 aliphatic heterocycles. The summed E-state index contributed by atoms with van der Waals surface area (Å²) < 4.78 is 4.64. The maximum absolute atomic E-state index is 12.1. The first kappa shape index (κ1) is 15.2. The average molecular weight is 293 g/mol. The summed E-state index contributed by atoms with van der Waals surface area (Å²) in [6, 6.07) is -0.374. The number of hydrogen-bond acceptors (Lipinski definition) is 7. The van der Waals surface area contributed by atoms with Crippen LogP contribution in [0, 0.1) is 0 Å². The Morgan fingerprint density at radius 3 is 3.05 bits per heavy atom. The van der Waals surface area contributed by atoms with Gasteiger partial charge in [0.1, 0.15) is 11.9 Å².